The minimum absolute atomic E-state index is 0.197. The van der Waals surface area contributed by atoms with E-state index in [4.69, 9.17) is 11.0 Å². The van der Waals surface area contributed by atoms with Crippen LogP contribution in [0.1, 0.15) is 16.8 Å². The third kappa shape index (κ3) is 2.06. The molecule has 0 atom stereocenters. The highest BCUT2D eigenvalue weighted by Crippen LogP contribution is 2.22. The van der Waals surface area contributed by atoms with E-state index in [1.54, 1.807) is 7.05 Å². The topological polar surface area (TPSA) is 106 Å². The standard InChI is InChI=1S/C9H13N5O2/c1-12-8-6(9(15)16-2)7(11)14(13-8)5-3-4-10/h3,5,11H2,1-2H3,(H,12,13). The van der Waals surface area contributed by atoms with Gasteiger partial charge in [0.05, 0.1) is 26.1 Å². The Bertz CT molecular complexity index is 432. The van der Waals surface area contributed by atoms with Gasteiger partial charge in [0.15, 0.2) is 5.82 Å². The molecule has 0 aliphatic heterocycles. The minimum atomic E-state index is -0.551. The lowest BCUT2D eigenvalue weighted by atomic mass is 10.3. The number of ether oxygens (including phenoxy) is 1. The summed E-state index contributed by atoms with van der Waals surface area (Å²) >= 11 is 0. The van der Waals surface area contributed by atoms with Crippen molar-refractivity contribution < 1.29 is 9.53 Å². The number of carbonyl (C=O) groups excluding carboxylic acids is 1. The number of nitrogen functional groups attached to an aromatic ring is 1. The van der Waals surface area contributed by atoms with Crippen molar-refractivity contribution in [2.75, 3.05) is 25.2 Å². The molecular weight excluding hydrogens is 210 g/mol. The molecule has 0 unspecified atom stereocenters. The summed E-state index contributed by atoms with van der Waals surface area (Å²) in [6.45, 7) is 0.341. The maximum absolute atomic E-state index is 11.4. The molecule has 0 radical (unpaired) electrons. The Balaban J connectivity index is 3.11. The molecule has 0 bridgehead atoms. The van der Waals surface area contributed by atoms with Crippen molar-refractivity contribution in [3.63, 3.8) is 0 Å². The number of nitrogens with two attached hydrogens (primary N) is 1. The van der Waals surface area contributed by atoms with Crippen LogP contribution in [0.3, 0.4) is 0 Å². The van der Waals surface area contributed by atoms with Crippen LogP contribution in [0.5, 0.6) is 0 Å². The molecular formula is C9H13N5O2. The lowest BCUT2D eigenvalue weighted by molar-refractivity contribution is 0.0603. The van der Waals surface area contributed by atoms with Gasteiger partial charge in [-0.1, -0.05) is 0 Å². The second-order valence-electron chi connectivity index (χ2n) is 2.98. The Morgan fingerprint density at radius 2 is 2.44 bits per heavy atom. The summed E-state index contributed by atoms with van der Waals surface area (Å²) in [5.41, 5.74) is 5.94. The molecule has 0 fully saturated rings. The van der Waals surface area contributed by atoms with Crippen molar-refractivity contribution in [2.45, 2.75) is 13.0 Å². The Labute approximate surface area is 92.8 Å². The molecule has 0 saturated carbocycles. The molecule has 1 heterocycles. The highest BCUT2D eigenvalue weighted by Gasteiger charge is 2.21. The summed E-state index contributed by atoms with van der Waals surface area (Å²) in [4.78, 5) is 11.4. The largest absolute Gasteiger partial charge is 0.465 e. The molecule has 1 aromatic rings. The first kappa shape index (κ1) is 11.8. The van der Waals surface area contributed by atoms with Gasteiger partial charge in [-0.15, -0.1) is 0 Å². The highest BCUT2D eigenvalue weighted by atomic mass is 16.5. The molecule has 0 spiro atoms. The monoisotopic (exact) mass is 223 g/mol. The molecule has 7 nitrogen and oxygen atoms in total. The maximum Gasteiger partial charge on any atom is 0.345 e. The fourth-order valence-corrected chi connectivity index (χ4v) is 1.28. The second kappa shape index (κ2) is 5.02. The van der Waals surface area contributed by atoms with E-state index in [9.17, 15) is 4.79 Å². The summed E-state index contributed by atoms with van der Waals surface area (Å²) in [5.74, 6) is -0.00111. The van der Waals surface area contributed by atoms with Crippen LogP contribution in [0.2, 0.25) is 0 Å². The Kier molecular flexibility index (Phi) is 3.72. The van der Waals surface area contributed by atoms with Crippen molar-refractivity contribution in [3.8, 4) is 6.07 Å². The Hall–Kier alpha value is -2.23. The maximum atomic E-state index is 11.4. The van der Waals surface area contributed by atoms with Gasteiger partial charge in [-0.2, -0.15) is 10.4 Å². The number of nitriles is 1. The molecule has 0 amide bonds. The first-order valence-electron chi connectivity index (χ1n) is 4.65. The van der Waals surface area contributed by atoms with Crippen molar-refractivity contribution >= 4 is 17.6 Å². The molecule has 7 heteroatoms. The van der Waals surface area contributed by atoms with Crippen LogP contribution in [0, 0.1) is 11.3 Å². The average Bonchev–Trinajstić information content (AvgIpc) is 2.62. The van der Waals surface area contributed by atoms with Crippen LogP contribution in [0.4, 0.5) is 11.6 Å². The number of nitrogens with one attached hydrogen (secondary N) is 1. The summed E-state index contributed by atoms with van der Waals surface area (Å²) in [7, 11) is 2.90. The number of methoxy groups -OCH3 is 1. The van der Waals surface area contributed by atoms with Gasteiger partial charge in [0, 0.05) is 7.05 Å². The molecule has 0 aromatic carbocycles. The van der Waals surface area contributed by atoms with E-state index >= 15 is 0 Å². The molecule has 0 aliphatic carbocycles. The first-order chi connectivity index (χ1) is 7.65. The van der Waals surface area contributed by atoms with E-state index in [1.165, 1.54) is 11.8 Å². The lowest BCUT2D eigenvalue weighted by Gasteiger charge is -2.01. The molecule has 1 rings (SSSR count). The number of carbonyl (C=O) groups is 1. The summed E-state index contributed by atoms with van der Waals surface area (Å²) in [6, 6.07) is 1.98. The van der Waals surface area contributed by atoms with Crippen molar-refractivity contribution in [3.05, 3.63) is 5.56 Å². The number of hydrogen-bond donors (Lipinski definition) is 2. The number of nitrogens with zero attached hydrogens (tertiary/aromatic N) is 3. The molecule has 86 valence electrons. The summed E-state index contributed by atoms with van der Waals surface area (Å²) in [6.07, 6.45) is 0.273. The molecule has 1 aromatic heterocycles. The summed E-state index contributed by atoms with van der Waals surface area (Å²) < 4.78 is 6.00. The molecule has 0 saturated heterocycles. The predicted molar refractivity (Wildman–Crippen MR) is 57.8 cm³/mol. The van der Waals surface area contributed by atoms with E-state index in [0.717, 1.165) is 0 Å². The van der Waals surface area contributed by atoms with Crippen LogP contribution >= 0.6 is 0 Å². The quantitative estimate of drug-likeness (QED) is 0.706. The van der Waals surface area contributed by atoms with Crippen LogP contribution in [-0.4, -0.2) is 29.9 Å². The van der Waals surface area contributed by atoms with E-state index in [-0.39, 0.29) is 17.8 Å². The minimum Gasteiger partial charge on any atom is -0.465 e. The van der Waals surface area contributed by atoms with E-state index in [2.05, 4.69) is 15.2 Å². The summed E-state index contributed by atoms with van der Waals surface area (Å²) in [5, 5.41) is 15.3. The van der Waals surface area contributed by atoms with Gasteiger partial charge in [0.25, 0.3) is 0 Å². The zero-order valence-corrected chi connectivity index (χ0v) is 9.15. The number of rotatable bonds is 4. The number of esters is 1. The van der Waals surface area contributed by atoms with E-state index in [1.807, 2.05) is 6.07 Å². The van der Waals surface area contributed by atoms with Gasteiger partial charge in [-0.3, -0.25) is 0 Å². The fraction of sp³-hybridized carbons (Fsp3) is 0.444. The van der Waals surface area contributed by atoms with Gasteiger partial charge in [0.1, 0.15) is 11.4 Å². The van der Waals surface area contributed by atoms with Crippen LogP contribution in [0.25, 0.3) is 0 Å². The second-order valence-corrected chi connectivity index (χ2v) is 2.98. The smallest absolute Gasteiger partial charge is 0.345 e. The van der Waals surface area contributed by atoms with Crippen LogP contribution in [0.15, 0.2) is 0 Å². The lowest BCUT2D eigenvalue weighted by Crippen LogP contribution is -2.09. The SMILES string of the molecule is CNc1nn(CCC#N)c(N)c1C(=O)OC. The Morgan fingerprint density at radius 1 is 1.75 bits per heavy atom. The number of aryl methyl sites for hydroxylation is 1. The van der Waals surface area contributed by atoms with E-state index in [0.29, 0.717) is 12.4 Å². The number of aromatic nitrogens is 2. The first-order valence-corrected chi connectivity index (χ1v) is 4.65. The Morgan fingerprint density at radius 3 is 2.94 bits per heavy atom. The normalized spacial score (nSPS) is 9.56. The molecule has 3 N–H and O–H groups in total. The average molecular weight is 223 g/mol. The van der Waals surface area contributed by atoms with Crippen molar-refractivity contribution in [1.82, 2.24) is 9.78 Å². The third-order valence-electron chi connectivity index (χ3n) is 2.05. The zero-order valence-electron chi connectivity index (χ0n) is 9.15. The van der Waals surface area contributed by atoms with Gasteiger partial charge in [-0.05, 0) is 0 Å². The molecule has 0 aliphatic rings. The van der Waals surface area contributed by atoms with Crippen LogP contribution in [-0.2, 0) is 11.3 Å². The third-order valence-corrected chi connectivity index (χ3v) is 2.05. The van der Waals surface area contributed by atoms with Gasteiger partial charge < -0.3 is 15.8 Å². The predicted octanol–water partition coefficient (Wildman–Crippen LogP) is 0.207. The molecule has 16 heavy (non-hydrogen) atoms. The number of anilines is 2. The van der Waals surface area contributed by atoms with Crippen LogP contribution < -0.4 is 11.1 Å². The number of hydrogen-bond acceptors (Lipinski definition) is 6. The zero-order chi connectivity index (χ0) is 12.1. The van der Waals surface area contributed by atoms with Gasteiger partial charge >= 0.3 is 5.97 Å². The van der Waals surface area contributed by atoms with Gasteiger partial charge in [0.2, 0.25) is 0 Å². The fourth-order valence-electron chi connectivity index (χ4n) is 1.28. The van der Waals surface area contributed by atoms with Crippen molar-refractivity contribution in [2.24, 2.45) is 0 Å². The van der Waals surface area contributed by atoms with E-state index < -0.39 is 5.97 Å². The highest BCUT2D eigenvalue weighted by molar-refractivity contribution is 5.99. The van der Waals surface area contributed by atoms with Gasteiger partial charge in [-0.25, -0.2) is 9.48 Å². The van der Waals surface area contributed by atoms with Crippen molar-refractivity contribution in [1.29, 1.82) is 5.26 Å².